The lowest BCUT2D eigenvalue weighted by atomic mass is 9.93. The van der Waals surface area contributed by atoms with Crippen molar-refractivity contribution in [2.45, 2.75) is 32.6 Å². The molecule has 2 aliphatic heterocycles. The van der Waals surface area contributed by atoms with Crippen molar-refractivity contribution in [3.8, 4) is 0 Å². The van der Waals surface area contributed by atoms with Crippen molar-refractivity contribution in [1.82, 2.24) is 14.8 Å². The standard InChI is InChI=1S/C24H34N4O2S/c1-19-3-2-4-21(15-19)16-22-17-25-24(31-22)26-23(29)18-28-9-6-20(7-10-28)5-8-27-11-13-30-14-12-27/h2-4,15,17,20H,5-14,16,18H2,1H3,(H,25,26,29). The second-order valence-electron chi connectivity index (χ2n) is 8.81. The van der Waals surface area contributed by atoms with Gasteiger partial charge in [-0.3, -0.25) is 14.6 Å². The Morgan fingerprint density at radius 3 is 2.77 bits per heavy atom. The van der Waals surface area contributed by atoms with E-state index in [4.69, 9.17) is 4.74 Å². The fraction of sp³-hybridized carbons (Fsp3) is 0.583. The number of nitrogens with one attached hydrogen (secondary N) is 1. The van der Waals surface area contributed by atoms with Crippen molar-refractivity contribution in [3.63, 3.8) is 0 Å². The van der Waals surface area contributed by atoms with Gasteiger partial charge in [0.1, 0.15) is 0 Å². The highest BCUT2D eigenvalue weighted by molar-refractivity contribution is 7.15. The van der Waals surface area contributed by atoms with Gasteiger partial charge in [-0.15, -0.1) is 11.3 Å². The van der Waals surface area contributed by atoms with Crippen molar-refractivity contribution in [2.24, 2.45) is 5.92 Å². The van der Waals surface area contributed by atoms with Crippen LogP contribution in [0.3, 0.4) is 0 Å². The van der Waals surface area contributed by atoms with Crippen molar-refractivity contribution in [1.29, 1.82) is 0 Å². The summed E-state index contributed by atoms with van der Waals surface area (Å²) < 4.78 is 5.43. The number of rotatable bonds is 8. The fourth-order valence-corrected chi connectivity index (χ4v) is 5.32. The molecular formula is C24H34N4O2S. The zero-order valence-corrected chi connectivity index (χ0v) is 19.3. The molecule has 1 aromatic heterocycles. The number of aryl methyl sites for hydroxylation is 1. The predicted octanol–water partition coefficient (Wildman–Crippen LogP) is 3.42. The van der Waals surface area contributed by atoms with Crippen LogP contribution in [0.25, 0.3) is 0 Å². The van der Waals surface area contributed by atoms with E-state index < -0.39 is 0 Å². The summed E-state index contributed by atoms with van der Waals surface area (Å²) in [4.78, 5) is 22.9. The summed E-state index contributed by atoms with van der Waals surface area (Å²) in [7, 11) is 0. The SMILES string of the molecule is Cc1cccc(Cc2cnc(NC(=O)CN3CCC(CCN4CCOCC4)CC3)s2)c1. The minimum Gasteiger partial charge on any atom is -0.379 e. The molecular weight excluding hydrogens is 408 g/mol. The number of ether oxygens (including phenoxy) is 1. The molecule has 1 amide bonds. The van der Waals surface area contributed by atoms with E-state index in [0.29, 0.717) is 11.7 Å². The minimum atomic E-state index is 0.0447. The number of amides is 1. The Balaban J connectivity index is 1.15. The van der Waals surface area contributed by atoms with E-state index in [1.54, 1.807) is 11.3 Å². The van der Waals surface area contributed by atoms with Crippen LogP contribution in [0, 0.1) is 12.8 Å². The second-order valence-corrected chi connectivity index (χ2v) is 9.92. The first kappa shape index (κ1) is 22.4. The summed E-state index contributed by atoms with van der Waals surface area (Å²) in [5.74, 6) is 0.827. The maximum atomic E-state index is 12.5. The number of benzene rings is 1. The number of hydrogen-bond acceptors (Lipinski definition) is 6. The molecule has 0 radical (unpaired) electrons. The Hall–Kier alpha value is -1.80. The van der Waals surface area contributed by atoms with Gasteiger partial charge < -0.3 is 10.1 Å². The number of anilines is 1. The van der Waals surface area contributed by atoms with Gasteiger partial charge >= 0.3 is 0 Å². The van der Waals surface area contributed by atoms with Gasteiger partial charge in [0.2, 0.25) is 5.91 Å². The Bertz CT molecular complexity index is 842. The van der Waals surface area contributed by atoms with Crippen LogP contribution in [0.5, 0.6) is 0 Å². The summed E-state index contributed by atoms with van der Waals surface area (Å²) >= 11 is 1.57. The Kier molecular flexibility index (Phi) is 8.08. The molecule has 168 valence electrons. The van der Waals surface area contributed by atoms with E-state index in [0.717, 1.165) is 51.7 Å². The first-order valence-electron chi connectivity index (χ1n) is 11.5. The molecule has 31 heavy (non-hydrogen) atoms. The van der Waals surface area contributed by atoms with Crippen LogP contribution in [0.2, 0.25) is 0 Å². The number of carbonyl (C=O) groups excluding carboxylic acids is 1. The van der Waals surface area contributed by atoms with E-state index in [1.165, 1.54) is 41.8 Å². The molecule has 3 heterocycles. The van der Waals surface area contributed by atoms with Crippen LogP contribution in [0.4, 0.5) is 5.13 Å². The highest BCUT2D eigenvalue weighted by Crippen LogP contribution is 2.23. The van der Waals surface area contributed by atoms with Crippen molar-refractivity contribution >= 4 is 22.4 Å². The summed E-state index contributed by atoms with van der Waals surface area (Å²) in [5.41, 5.74) is 2.54. The zero-order chi connectivity index (χ0) is 21.5. The molecule has 2 saturated heterocycles. The lowest BCUT2D eigenvalue weighted by Crippen LogP contribution is -2.41. The molecule has 0 unspecified atom stereocenters. The molecule has 0 bridgehead atoms. The molecule has 0 aliphatic carbocycles. The molecule has 0 spiro atoms. The molecule has 0 saturated carbocycles. The second kappa shape index (κ2) is 11.2. The molecule has 6 nitrogen and oxygen atoms in total. The quantitative estimate of drug-likeness (QED) is 0.679. The van der Waals surface area contributed by atoms with Crippen LogP contribution in [-0.4, -0.2) is 73.2 Å². The third-order valence-corrected chi connectivity index (χ3v) is 7.21. The number of thiazole rings is 1. The Labute approximate surface area is 189 Å². The average Bonchev–Trinajstić information content (AvgIpc) is 3.20. The molecule has 2 aromatic rings. The first-order chi connectivity index (χ1) is 15.1. The highest BCUT2D eigenvalue weighted by atomic mass is 32.1. The third kappa shape index (κ3) is 7.10. The van der Waals surface area contributed by atoms with Gasteiger partial charge in [-0.1, -0.05) is 29.8 Å². The van der Waals surface area contributed by atoms with E-state index >= 15 is 0 Å². The van der Waals surface area contributed by atoms with Gasteiger partial charge in [-0.05, 0) is 57.3 Å². The van der Waals surface area contributed by atoms with E-state index in [2.05, 4.69) is 51.3 Å². The van der Waals surface area contributed by atoms with E-state index in [9.17, 15) is 4.79 Å². The van der Waals surface area contributed by atoms with Gasteiger partial charge in [0.25, 0.3) is 0 Å². The van der Waals surface area contributed by atoms with Crippen molar-refractivity contribution < 1.29 is 9.53 Å². The number of carbonyl (C=O) groups is 1. The van der Waals surface area contributed by atoms with Gasteiger partial charge in [-0.25, -0.2) is 4.98 Å². The number of likely N-dealkylation sites (tertiary alicyclic amines) is 1. The minimum absolute atomic E-state index is 0.0447. The molecule has 0 atom stereocenters. The first-order valence-corrected chi connectivity index (χ1v) is 12.3. The van der Waals surface area contributed by atoms with Crippen molar-refractivity contribution in [3.05, 3.63) is 46.5 Å². The average molecular weight is 443 g/mol. The lowest BCUT2D eigenvalue weighted by molar-refractivity contribution is -0.117. The van der Waals surface area contributed by atoms with Crippen LogP contribution < -0.4 is 5.32 Å². The van der Waals surface area contributed by atoms with Crippen LogP contribution in [0.1, 0.15) is 35.3 Å². The summed E-state index contributed by atoms with van der Waals surface area (Å²) in [6, 6.07) is 8.52. The lowest BCUT2D eigenvalue weighted by Gasteiger charge is -2.33. The molecule has 4 rings (SSSR count). The van der Waals surface area contributed by atoms with E-state index in [1.807, 2.05) is 6.20 Å². The fourth-order valence-electron chi connectivity index (χ4n) is 4.46. The molecule has 2 fully saturated rings. The predicted molar refractivity (Wildman–Crippen MR) is 126 cm³/mol. The highest BCUT2D eigenvalue weighted by Gasteiger charge is 2.22. The summed E-state index contributed by atoms with van der Waals surface area (Å²) in [6.45, 7) is 9.67. The number of piperidine rings is 1. The number of nitrogens with zero attached hydrogens (tertiary/aromatic N) is 3. The van der Waals surface area contributed by atoms with Crippen LogP contribution in [0.15, 0.2) is 30.5 Å². The van der Waals surface area contributed by atoms with Gasteiger partial charge in [0.05, 0.1) is 19.8 Å². The molecule has 2 aliphatic rings. The van der Waals surface area contributed by atoms with Gasteiger partial charge in [0, 0.05) is 30.6 Å². The Morgan fingerprint density at radius 1 is 1.19 bits per heavy atom. The summed E-state index contributed by atoms with van der Waals surface area (Å²) in [5, 5.41) is 3.70. The molecule has 1 N–H and O–H groups in total. The van der Waals surface area contributed by atoms with E-state index in [-0.39, 0.29) is 5.91 Å². The van der Waals surface area contributed by atoms with Crippen molar-refractivity contribution in [2.75, 3.05) is 57.8 Å². The maximum Gasteiger partial charge on any atom is 0.240 e. The molecule has 1 aromatic carbocycles. The number of aromatic nitrogens is 1. The number of hydrogen-bond donors (Lipinski definition) is 1. The maximum absolute atomic E-state index is 12.5. The zero-order valence-electron chi connectivity index (χ0n) is 18.5. The smallest absolute Gasteiger partial charge is 0.240 e. The summed E-state index contributed by atoms with van der Waals surface area (Å²) in [6.07, 6.45) is 6.38. The Morgan fingerprint density at radius 2 is 2.00 bits per heavy atom. The van der Waals surface area contributed by atoms with Gasteiger partial charge in [-0.2, -0.15) is 0 Å². The monoisotopic (exact) mass is 442 g/mol. The largest absolute Gasteiger partial charge is 0.379 e. The topological polar surface area (TPSA) is 57.7 Å². The van der Waals surface area contributed by atoms with Crippen LogP contribution >= 0.6 is 11.3 Å². The molecule has 7 heteroatoms. The number of morpholine rings is 1. The third-order valence-electron chi connectivity index (χ3n) is 6.29. The van der Waals surface area contributed by atoms with Crippen LogP contribution in [-0.2, 0) is 16.0 Å². The normalized spacial score (nSPS) is 18.9. The van der Waals surface area contributed by atoms with Gasteiger partial charge in [0.15, 0.2) is 5.13 Å².